The van der Waals surface area contributed by atoms with Crippen LogP contribution in [-0.4, -0.2) is 41.4 Å². The number of rotatable bonds is 5. The maximum absolute atomic E-state index is 12.7. The van der Waals surface area contributed by atoms with Crippen LogP contribution in [0.25, 0.3) is 0 Å². The Morgan fingerprint density at radius 3 is 2.36 bits per heavy atom. The molecule has 1 atom stereocenters. The van der Waals surface area contributed by atoms with Gasteiger partial charge in [0.2, 0.25) is 5.91 Å². The Morgan fingerprint density at radius 2 is 1.84 bits per heavy atom. The van der Waals surface area contributed by atoms with Crippen molar-refractivity contribution in [2.45, 2.75) is 38.8 Å². The highest BCUT2D eigenvalue weighted by Gasteiger charge is 2.49. The second kappa shape index (κ2) is 7.41. The zero-order valence-electron chi connectivity index (χ0n) is 14.9. The van der Waals surface area contributed by atoms with E-state index in [4.69, 9.17) is 5.73 Å². The second-order valence-electron chi connectivity index (χ2n) is 7.08. The van der Waals surface area contributed by atoms with Crippen LogP contribution in [0.15, 0.2) is 24.3 Å². The Hall–Kier alpha value is -2.12. The molecule has 1 aromatic rings. The van der Waals surface area contributed by atoms with Gasteiger partial charge in [0.05, 0.1) is 0 Å². The lowest BCUT2D eigenvalue weighted by molar-refractivity contribution is -0.134. The SMILES string of the molecule is Cc1ccc(C2(C)NC(=O)N(CC(=O)NCC(C)(C)N)C2=O)cc1.Cl. The molecule has 1 unspecified atom stereocenters. The van der Waals surface area contributed by atoms with Crippen molar-refractivity contribution in [3.8, 4) is 0 Å². The molecule has 4 N–H and O–H groups in total. The van der Waals surface area contributed by atoms with Crippen LogP contribution < -0.4 is 16.4 Å². The summed E-state index contributed by atoms with van der Waals surface area (Å²) in [4.78, 5) is 37.8. The second-order valence-corrected chi connectivity index (χ2v) is 7.08. The molecule has 4 amide bonds. The molecule has 1 fully saturated rings. The van der Waals surface area contributed by atoms with Crippen molar-refractivity contribution in [1.29, 1.82) is 0 Å². The predicted octanol–water partition coefficient (Wildman–Crippen LogP) is 1.04. The van der Waals surface area contributed by atoms with Crippen molar-refractivity contribution >= 4 is 30.3 Å². The van der Waals surface area contributed by atoms with E-state index in [2.05, 4.69) is 10.6 Å². The van der Waals surface area contributed by atoms with Crippen LogP contribution in [0.5, 0.6) is 0 Å². The first-order valence-corrected chi connectivity index (χ1v) is 7.80. The summed E-state index contributed by atoms with van der Waals surface area (Å²) in [5, 5.41) is 5.30. The number of aryl methyl sites for hydroxylation is 1. The lowest BCUT2D eigenvalue weighted by atomic mass is 9.91. The van der Waals surface area contributed by atoms with Gasteiger partial charge in [-0.1, -0.05) is 29.8 Å². The largest absolute Gasteiger partial charge is 0.353 e. The van der Waals surface area contributed by atoms with Crippen LogP contribution in [0.2, 0.25) is 0 Å². The summed E-state index contributed by atoms with van der Waals surface area (Å²) in [5.41, 5.74) is 5.80. The van der Waals surface area contributed by atoms with Crippen molar-refractivity contribution < 1.29 is 14.4 Å². The molecule has 1 aliphatic rings. The molecule has 138 valence electrons. The van der Waals surface area contributed by atoms with Gasteiger partial charge in [-0.05, 0) is 33.3 Å². The van der Waals surface area contributed by atoms with Crippen LogP contribution in [0, 0.1) is 6.92 Å². The molecular formula is C17H25ClN4O3. The van der Waals surface area contributed by atoms with Gasteiger partial charge in [-0.3, -0.25) is 14.5 Å². The number of carbonyl (C=O) groups excluding carboxylic acids is 3. The molecule has 1 saturated heterocycles. The number of urea groups is 1. The van der Waals surface area contributed by atoms with Gasteiger partial charge in [0, 0.05) is 12.1 Å². The lowest BCUT2D eigenvalue weighted by Crippen LogP contribution is -2.48. The average molecular weight is 369 g/mol. The smallest absolute Gasteiger partial charge is 0.325 e. The first-order valence-electron chi connectivity index (χ1n) is 7.80. The number of halogens is 1. The highest BCUT2D eigenvalue weighted by molar-refractivity contribution is 6.09. The molecule has 0 aliphatic carbocycles. The van der Waals surface area contributed by atoms with E-state index in [9.17, 15) is 14.4 Å². The van der Waals surface area contributed by atoms with E-state index in [0.717, 1.165) is 10.5 Å². The van der Waals surface area contributed by atoms with Crippen molar-refractivity contribution in [2.75, 3.05) is 13.1 Å². The van der Waals surface area contributed by atoms with Crippen LogP contribution in [0.1, 0.15) is 31.9 Å². The maximum Gasteiger partial charge on any atom is 0.325 e. The Labute approximate surface area is 153 Å². The topological polar surface area (TPSA) is 105 Å². The molecule has 0 saturated carbocycles. The summed E-state index contributed by atoms with van der Waals surface area (Å²) in [5.74, 6) is -0.872. The van der Waals surface area contributed by atoms with Gasteiger partial charge < -0.3 is 16.4 Å². The number of nitrogens with zero attached hydrogens (tertiary/aromatic N) is 1. The molecule has 0 bridgehead atoms. The van der Waals surface area contributed by atoms with Gasteiger partial charge >= 0.3 is 6.03 Å². The van der Waals surface area contributed by atoms with E-state index in [1.807, 2.05) is 19.1 Å². The fraction of sp³-hybridized carbons (Fsp3) is 0.471. The molecule has 25 heavy (non-hydrogen) atoms. The van der Waals surface area contributed by atoms with E-state index in [-0.39, 0.29) is 25.5 Å². The molecule has 7 nitrogen and oxygen atoms in total. The average Bonchev–Trinajstić information content (AvgIpc) is 2.69. The Bertz CT molecular complexity index is 669. The summed E-state index contributed by atoms with van der Waals surface area (Å²) in [6.45, 7) is 7.05. The van der Waals surface area contributed by atoms with Gasteiger partial charge in [-0.2, -0.15) is 0 Å². The van der Waals surface area contributed by atoms with Gasteiger partial charge in [-0.25, -0.2) is 4.79 Å². The molecule has 0 radical (unpaired) electrons. The number of nitrogens with one attached hydrogen (secondary N) is 2. The fourth-order valence-corrected chi connectivity index (χ4v) is 2.45. The quantitative estimate of drug-likeness (QED) is 0.675. The number of amides is 4. The molecule has 0 spiro atoms. The van der Waals surface area contributed by atoms with Gasteiger partial charge in [-0.15, -0.1) is 12.4 Å². The van der Waals surface area contributed by atoms with E-state index in [0.29, 0.717) is 5.56 Å². The van der Waals surface area contributed by atoms with E-state index in [1.165, 1.54) is 0 Å². The lowest BCUT2D eigenvalue weighted by Gasteiger charge is -2.23. The zero-order valence-corrected chi connectivity index (χ0v) is 15.7. The number of nitrogens with two attached hydrogens (primary N) is 1. The normalized spacial score (nSPS) is 20.1. The first kappa shape index (κ1) is 20.9. The third-order valence-corrected chi connectivity index (χ3v) is 3.95. The van der Waals surface area contributed by atoms with Crippen LogP contribution in [0.3, 0.4) is 0 Å². The van der Waals surface area contributed by atoms with Gasteiger partial charge in [0.25, 0.3) is 5.91 Å². The van der Waals surface area contributed by atoms with Gasteiger partial charge in [0.15, 0.2) is 0 Å². The van der Waals surface area contributed by atoms with E-state index < -0.39 is 28.9 Å². The minimum atomic E-state index is -1.17. The van der Waals surface area contributed by atoms with Crippen LogP contribution >= 0.6 is 12.4 Å². The minimum absolute atomic E-state index is 0. The standard InChI is InChI=1S/C17H24N4O3.ClH/c1-11-5-7-12(8-6-11)17(4)14(23)21(15(24)20-17)9-13(22)19-10-16(2,3)18;/h5-8H,9-10,18H2,1-4H3,(H,19,22)(H,20,24);1H. The summed E-state index contributed by atoms with van der Waals surface area (Å²) >= 11 is 0. The van der Waals surface area contributed by atoms with E-state index in [1.54, 1.807) is 32.9 Å². The summed E-state index contributed by atoms with van der Waals surface area (Å²) in [6, 6.07) is 6.77. The highest BCUT2D eigenvalue weighted by atomic mass is 35.5. The van der Waals surface area contributed by atoms with Crippen molar-refractivity contribution in [1.82, 2.24) is 15.5 Å². The summed E-state index contributed by atoms with van der Waals surface area (Å²) in [7, 11) is 0. The van der Waals surface area contributed by atoms with Gasteiger partial charge in [0.1, 0.15) is 12.1 Å². The first-order chi connectivity index (χ1) is 11.0. The fourth-order valence-electron chi connectivity index (χ4n) is 2.45. The monoisotopic (exact) mass is 368 g/mol. The summed E-state index contributed by atoms with van der Waals surface area (Å²) < 4.78 is 0. The number of hydrogen-bond acceptors (Lipinski definition) is 4. The number of imide groups is 1. The molecule has 2 rings (SSSR count). The third kappa shape index (κ3) is 4.70. The predicted molar refractivity (Wildman–Crippen MR) is 97.3 cm³/mol. The third-order valence-electron chi connectivity index (χ3n) is 3.95. The van der Waals surface area contributed by atoms with E-state index >= 15 is 0 Å². The zero-order chi connectivity index (χ0) is 18.1. The minimum Gasteiger partial charge on any atom is -0.353 e. The van der Waals surface area contributed by atoms with Crippen LogP contribution in [0.4, 0.5) is 4.79 Å². The Morgan fingerprint density at radius 1 is 1.28 bits per heavy atom. The molecule has 1 aliphatic heterocycles. The molecule has 1 aromatic carbocycles. The molecular weight excluding hydrogens is 344 g/mol. The summed E-state index contributed by atoms with van der Waals surface area (Å²) in [6.07, 6.45) is 0. The Kier molecular flexibility index (Phi) is 6.20. The number of carbonyl (C=O) groups is 3. The molecule has 1 heterocycles. The van der Waals surface area contributed by atoms with Crippen LogP contribution in [-0.2, 0) is 15.1 Å². The Balaban J connectivity index is 0.00000312. The maximum atomic E-state index is 12.7. The van der Waals surface area contributed by atoms with Crippen molar-refractivity contribution in [3.63, 3.8) is 0 Å². The number of benzene rings is 1. The number of hydrogen-bond donors (Lipinski definition) is 3. The highest BCUT2D eigenvalue weighted by Crippen LogP contribution is 2.28. The molecule has 0 aromatic heterocycles. The molecule has 8 heteroatoms. The van der Waals surface area contributed by atoms with Crippen molar-refractivity contribution in [3.05, 3.63) is 35.4 Å². The van der Waals surface area contributed by atoms with Crippen molar-refractivity contribution in [2.24, 2.45) is 5.73 Å².